The largest absolute Gasteiger partial charge is 0.343 e. The molecule has 0 atom stereocenters. The fourth-order valence-corrected chi connectivity index (χ4v) is 4.23. The molecule has 1 aliphatic heterocycles. The first-order valence-corrected chi connectivity index (χ1v) is 9.39. The van der Waals surface area contributed by atoms with Gasteiger partial charge >= 0.3 is 0 Å². The van der Waals surface area contributed by atoms with Crippen molar-refractivity contribution in [3.8, 4) is 11.1 Å². The Hall–Kier alpha value is -2.80. The number of nitrogens with two attached hydrogens (primary N) is 1. The van der Waals surface area contributed by atoms with Crippen molar-refractivity contribution in [2.75, 3.05) is 19.6 Å². The molecule has 1 amide bonds. The van der Waals surface area contributed by atoms with Crippen molar-refractivity contribution in [2.45, 2.75) is 25.7 Å². The Balaban J connectivity index is 1.66. The molecule has 1 saturated heterocycles. The Morgan fingerprint density at radius 3 is 2.71 bits per heavy atom. The monoisotopic (exact) mass is 384 g/mol. The highest BCUT2D eigenvalue weighted by Crippen LogP contribution is 2.36. The van der Waals surface area contributed by atoms with Gasteiger partial charge in [0.2, 0.25) is 5.91 Å². The van der Waals surface area contributed by atoms with Gasteiger partial charge in [0.25, 0.3) is 0 Å². The maximum atomic E-state index is 15.1. The number of carbonyl (C=O) groups excluding carboxylic acids is 1. The van der Waals surface area contributed by atoms with E-state index in [0.717, 1.165) is 5.56 Å². The molecule has 0 radical (unpaired) electrons. The number of piperidine rings is 1. The van der Waals surface area contributed by atoms with Crippen molar-refractivity contribution in [2.24, 2.45) is 5.73 Å². The zero-order valence-electron chi connectivity index (χ0n) is 15.6. The van der Waals surface area contributed by atoms with Gasteiger partial charge in [0.1, 0.15) is 11.5 Å². The number of hydrogen-bond acceptors (Lipinski definition) is 3. The van der Waals surface area contributed by atoms with Crippen LogP contribution in [0.3, 0.4) is 0 Å². The molecule has 3 N–H and O–H groups in total. The third kappa shape index (κ3) is 3.16. The van der Waals surface area contributed by atoms with Crippen LogP contribution in [0, 0.1) is 18.6 Å². The second kappa shape index (κ2) is 7.31. The molecule has 7 heteroatoms. The number of carbonyl (C=O) groups is 1. The van der Waals surface area contributed by atoms with Crippen LogP contribution in [0.1, 0.15) is 29.9 Å². The lowest BCUT2D eigenvalue weighted by atomic mass is 9.85. The number of halogens is 2. The van der Waals surface area contributed by atoms with E-state index in [-0.39, 0.29) is 24.2 Å². The average molecular weight is 384 g/mol. The summed E-state index contributed by atoms with van der Waals surface area (Å²) in [5, 5.41) is 0.364. The lowest BCUT2D eigenvalue weighted by Gasteiger charge is -2.33. The highest BCUT2D eigenvalue weighted by Gasteiger charge is 2.26. The smallest absolute Gasteiger partial charge is 0.236 e. The number of benzene rings is 1. The summed E-state index contributed by atoms with van der Waals surface area (Å²) in [4.78, 5) is 20.4. The predicted molar refractivity (Wildman–Crippen MR) is 104 cm³/mol. The normalized spacial score (nSPS) is 15.4. The fraction of sp³-hybridized carbons (Fsp3) is 0.333. The Morgan fingerprint density at radius 1 is 1.29 bits per heavy atom. The minimum absolute atomic E-state index is 0.00285. The number of aromatic amines is 1. The van der Waals surface area contributed by atoms with E-state index in [1.165, 1.54) is 12.3 Å². The summed E-state index contributed by atoms with van der Waals surface area (Å²) >= 11 is 0. The van der Waals surface area contributed by atoms with E-state index in [9.17, 15) is 9.18 Å². The Bertz CT molecular complexity index is 1020. The topological polar surface area (TPSA) is 75.0 Å². The summed E-state index contributed by atoms with van der Waals surface area (Å²) in [6.07, 6.45) is 4.25. The van der Waals surface area contributed by atoms with E-state index in [0.29, 0.717) is 53.7 Å². The van der Waals surface area contributed by atoms with Gasteiger partial charge in [0.15, 0.2) is 5.82 Å². The molecule has 3 aromatic rings. The molecule has 0 spiro atoms. The number of likely N-dealkylation sites (tertiary alicyclic amines) is 1. The summed E-state index contributed by atoms with van der Waals surface area (Å²) in [7, 11) is 0. The molecule has 146 valence electrons. The summed E-state index contributed by atoms with van der Waals surface area (Å²) in [5.74, 6) is -0.713. The van der Waals surface area contributed by atoms with E-state index in [4.69, 9.17) is 5.73 Å². The van der Waals surface area contributed by atoms with Crippen molar-refractivity contribution < 1.29 is 13.6 Å². The maximum absolute atomic E-state index is 15.1. The second-order valence-electron chi connectivity index (χ2n) is 7.27. The third-order valence-corrected chi connectivity index (χ3v) is 5.60. The number of hydrogen-bond donors (Lipinski definition) is 2. The van der Waals surface area contributed by atoms with E-state index in [1.807, 2.05) is 13.0 Å². The quantitative estimate of drug-likeness (QED) is 0.726. The number of fused-ring (bicyclic) bond motifs is 1. The number of pyridine rings is 1. The van der Waals surface area contributed by atoms with Gasteiger partial charge in [-0.2, -0.15) is 0 Å². The lowest BCUT2D eigenvalue weighted by molar-refractivity contribution is -0.130. The molecule has 28 heavy (non-hydrogen) atoms. The number of H-pyrrole nitrogens is 1. The maximum Gasteiger partial charge on any atom is 0.236 e. The molecule has 0 aliphatic carbocycles. The Labute approximate surface area is 161 Å². The number of aryl methyl sites for hydroxylation is 1. The first-order valence-electron chi connectivity index (χ1n) is 9.39. The van der Waals surface area contributed by atoms with Crippen LogP contribution in [0.15, 0.2) is 30.6 Å². The van der Waals surface area contributed by atoms with E-state index >= 15 is 4.39 Å². The minimum atomic E-state index is -0.405. The van der Waals surface area contributed by atoms with Crippen LogP contribution in [0.4, 0.5) is 8.78 Å². The van der Waals surface area contributed by atoms with Gasteiger partial charge in [-0.1, -0.05) is 6.07 Å². The van der Waals surface area contributed by atoms with Gasteiger partial charge < -0.3 is 15.6 Å². The fourth-order valence-electron chi connectivity index (χ4n) is 4.23. The molecule has 2 aromatic heterocycles. The van der Waals surface area contributed by atoms with E-state index < -0.39 is 5.82 Å². The van der Waals surface area contributed by atoms with Crippen LogP contribution < -0.4 is 5.73 Å². The molecule has 4 rings (SSSR count). The van der Waals surface area contributed by atoms with Crippen LogP contribution in [-0.4, -0.2) is 40.4 Å². The molecule has 0 unspecified atom stereocenters. The van der Waals surface area contributed by atoms with Gasteiger partial charge in [-0.25, -0.2) is 13.8 Å². The molecule has 1 fully saturated rings. The summed E-state index contributed by atoms with van der Waals surface area (Å²) in [6.45, 7) is 3.05. The molecule has 1 aliphatic rings. The van der Waals surface area contributed by atoms with Gasteiger partial charge in [-0.3, -0.25) is 4.79 Å². The zero-order valence-corrected chi connectivity index (χ0v) is 15.6. The summed E-state index contributed by atoms with van der Waals surface area (Å²) in [6, 6.07) is 5.07. The summed E-state index contributed by atoms with van der Waals surface area (Å²) in [5.41, 5.74) is 8.62. The molecular weight excluding hydrogens is 362 g/mol. The zero-order chi connectivity index (χ0) is 19.8. The number of nitrogens with zero attached hydrogens (tertiary/aromatic N) is 2. The minimum Gasteiger partial charge on any atom is -0.343 e. The molecule has 0 saturated carbocycles. The van der Waals surface area contributed by atoms with Gasteiger partial charge in [-0.05, 0) is 60.1 Å². The number of aromatic nitrogens is 2. The standard InChI is InChI=1S/C21H22F2N4O/c1-12-8-14(15-2-5-25-21-20(15)17(23)11-26-21)9-16(22)19(12)13-3-6-27(7-4-13)18(28)10-24/h2,5,8-9,11,13H,3-4,6-7,10,24H2,1H3,(H,25,26). The molecular formula is C21H22F2N4O. The van der Waals surface area contributed by atoms with Crippen LogP contribution >= 0.6 is 0 Å². The van der Waals surface area contributed by atoms with Crippen LogP contribution in [-0.2, 0) is 4.79 Å². The number of nitrogens with one attached hydrogen (secondary N) is 1. The predicted octanol–water partition coefficient (Wildman–Crippen LogP) is 3.48. The van der Waals surface area contributed by atoms with Crippen LogP contribution in [0.2, 0.25) is 0 Å². The Kier molecular flexibility index (Phi) is 4.85. The second-order valence-corrected chi connectivity index (χ2v) is 7.27. The van der Waals surface area contributed by atoms with Crippen LogP contribution in [0.25, 0.3) is 22.2 Å². The van der Waals surface area contributed by atoms with Crippen molar-refractivity contribution in [3.05, 3.63) is 53.4 Å². The average Bonchev–Trinajstić information content (AvgIpc) is 3.08. The first-order chi connectivity index (χ1) is 13.5. The number of rotatable bonds is 3. The van der Waals surface area contributed by atoms with Gasteiger partial charge in [-0.15, -0.1) is 0 Å². The van der Waals surface area contributed by atoms with Crippen molar-refractivity contribution in [3.63, 3.8) is 0 Å². The van der Waals surface area contributed by atoms with Crippen LogP contribution in [0.5, 0.6) is 0 Å². The van der Waals surface area contributed by atoms with E-state index in [1.54, 1.807) is 17.2 Å². The van der Waals surface area contributed by atoms with E-state index in [2.05, 4.69) is 9.97 Å². The first kappa shape index (κ1) is 18.6. The SMILES string of the molecule is Cc1cc(-c2ccnc3[nH]cc(F)c23)cc(F)c1C1CCN(C(=O)CN)CC1. The number of amides is 1. The van der Waals surface area contributed by atoms with Crippen molar-refractivity contribution in [1.82, 2.24) is 14.9 Å². The molecule has 3 heterocycles. The highest BCUT2D eigenvalue weighted by atomic mass is 19.1. The molecule has 0 bridgehead atoms. The Morgan fingerprint density at radius 2 is 2.04 bits per heavy atom. The van der Waals surface area contributed by atoms with Gasteiger partial charge in [0.05, 0.1) is 11.9 Å². The highest BCUT2D eigenvalue weighted by molar-refractivity contribution is 5.93. The summed E-state index contributed by atoms with van der Waals surface area (Å²) < 4.78 is 29.3. The van der Waals surface area contributed by atoms with Crippen molar-refractivity contribution >= 4 is 16.9 Å². The molecule has 1 aromatic carbocycles. The third-order valence-electron chi connectivity index (χ3n) is 5.60. The molecule has 5 nitrogen and oxygen atoms in total. The van der Waals surface area contributed by atoms with Gasteiger partial charge in [0, 0.05) is 25.5 Å². The van der Waals surface area contributed by atoms with Crippen molar-refractivity contribution in [1.29, 1.82) is 0 Å². The lowest BCUT2D eigenvalue weighted by Crippen LogP contribution is -2.41.